The lowest BCUT2D eigenvalue weighted by atomic mass is 10.1. The number of amides is 2. The number of nitrogens with zero attached hydrogens (tertiary/aromatic N) is 3. The van der Waals surface area contributed by atoms with Crippen molar-refractivity contribution in [3.63, 3.8) is 0 Å². The van der Waals surface area contributed by atoms with Crippen molar-refractivity contribution in [2.75, 3.05) is 23.8 Å². The Hall–Kier alpha value is -3.65. The largest absolute Gasteiger partial charge is 0.366 e. The summed E-state index contributed by atoms with van der Waals surface area (Å²) in [6.07, 6.45) is 2.50. The predicted octanol–water partition coefficient (Wildman–Crippen LogP) is 2.89. The number of nitrogens with one attached hydrogen (secondary N) is 2. The molecule has 3 aromatic rings. The Morgan fingerprint density at radius 2 is 1.87 bits per heavy atom. The van der Waals surface area contributed by atoms with E-state index in [4.69, 9.17) is 17.3 Å². The van der Waals surface area contributed by atoms with Gasteiger partial charge in [0.2, 0.25) is 11.9 Å². The Labute approximate surface area is 184 Å². The Bertz CT molecular complexity index is 1150. The fraction of sp³-hybridized carbons (Fsp3) is 0.182. The third-order valence-corrected chi connectivity index (χ3v) is 5.46. The zero-order valence-electron chi connectivity index (χ0n) is 16.9. The summed E-state index contributed by atoms with van der Waals surface area (Å²) in [4.78, 5) is 34.3. The molecule has 9 heteroatoms. The van der Waals surface area contributed by atoms with Gasteiger partial charge in [-0.2, -0.15) is 0 Å². The zero-order chi connectivity index (χ0) is 22.0. The lowest BCUT2D eigenvalue weighted by molar-refractivity contribution is 0.0961. The molecule has 1 aliphatic heterocycles. The molecule has 0 aliphatic carbocycles. The van der Waals surface area contributed by atoms with E-state index in [-0.39, 0.29) is 5.91 Å². The summed E-state index contributed by atoms with van der Waals surface area (Å²) in [6, 6.07) is 12.1. The van der Waals surface area contributed by atoms with Crippen molar-refractivity contribution >= 4 is 40.7 Å². The normalized spacial score (nSPS) is 12.8. The number of aromatic nitrogens is 2. The van der Waals surface area contributed by atoms with Gasteiger partial charge in [-0.25, -0.2) is 9.97 Å². The molecule has 2 aromatic carbocycles. The number of carbonyl (C=O) groups excluding carboxylic acids is 2. The highest BCUT2D eigenvalue weighted by atomic mass is 35.5. The third kappa shape index (κ3) is 4.44. The first-order valence-corrected chi connectivity index (χ1v) is 10.1. The lowest BCUT2D eigenvalue weighted by Crippen LogP contribution is -2.31. The molecule has 0 bridgehead atoms. The highest BCUT2D eigenvalue weighted by Gasteiger charge is 2.21. The minimum Gasteiger partial charge on any atom is -0.366 e. The highest BCUT2D eigenvalue weighted by Crippen LogP contribution is 2.31. The Balaban J connectivity index is 1.50. The van der Waals surface area contributed by atoms with Gasteiger partial charge in [0, 0.05) is 55.1 Å². The molecule has 0 unspecified atom stereocenters. The van der Waals surface area contributed by atoms with Crippen molar-refractivity contribution in [1.82, 2.24) is 15.3 Å². The van der Waals surface area contributed by atoms with Crippen LogP contribution < -0.4 is 21.3 Å². The first-order chi connectivity index (χ1) is 14.9. The second-order valence-corrected chi connectivity index (χ2v) is 7.56. The summed E-state index contributed by atoms with van der Waals surface area (Å²) in [7, 11) is 1.60. The monoisotopic (exact) mass is 436 g/mol. The molecule has 0 saturated carbocycles. The minimum absolute atomic E-state index is 0.136. The quantitative estimate of drug-likeness (QED) is 0.566. The van der Waals surface area contributed by atoms with Crippen molar-refractivity contribution in [2.24, 2.45) is 5.73 Å². The van der Waals surface area contributed by atoms with E-state index in [9.17, 15) is 9.59 Å². The van der Waals surface area contributed by atoms with E-state index in [1.54, 1.807) is 43.6 Å². The van der Waals surface area contributed by atoms with Gasteiger partial charge in [-0.15, -0.1) is 0 Å². The summed E-state index contributed by atoms with van der Waals surface area (Å²) >= 11 is 6.36. The van der Waals surface area contributed by atoms with E-state index < -0.39 is 5.91 Å². The van der Waals surface area contributed by atoms with Crippen LogP contribution in [0.5, 0.6) is 0 Å². The molecule has 0 radical (unpaired) electrons. The van der Waals surface area contributed by atoms with Crippen LogP contribution in [0.4, 0.5) is 17.3 Å². The van der Waals surface area contributed by atoms with Crippen LogP contribution in [-0.4, -0.2) is 35.4 Å². The molecule has 4 N–H and O–H groups in total. The molecule has 31 heavy (non-hydrogen) atoms. The van der Waals surface area contributed by atoms with Crippen LogP contribution in [-0.2, 0) is 13.0 Å². The van der Waals surface area contributed by atoms with Crippen LogP contribution >= 0.6 is 11.6 Å². The maximum atomic E-state index is 11.7. The number of hydrogen-bond acceptors (Lipinski definition) is 6. The van der Waals surface area contributed by atoms with Crippen molar-refractivity contribution in [1.29, 1.82) is 0 Å². The van der Waals surface area contributed by atoms with Crippen LogP contribution in [0.2, 0.25) is 5.02 Å². The van der Waals surface area contributed by atoms with Gasteiger partial charge in [-0.05, 0) is 42.5 Å². The molecule has 0 fully saturated rings. The van der Waals surface area contributed by atoms with Crippen LogP contribution in [0.3, 0.4) is 0 Å². The Kier molecular flexibility index (Phi) is 5.73. The summed E-state index contributed by atoms with van der Waals surface area (Å²) in [5.74, 6) is -0.131. The zero-order valence-corrected chi connectivity index (χ0v) is 17.6. The summed E-state index contributed by atoms with van der Waals surface area (Å²) < 4.78 is 0. The summed E-state index contributed by atoms with van der Waals surface area (Å²) in [5, 5.41) is 6.33. The standard InChI is InChI=1S/C22H21ClN6O2/c1-25-21(31)13-2-5-16(6-3-13)27-22-26-11-15-12-29(9-8-18(15)28-22)19-10-14(20(24)30)4-7-17(19)23/h2-7,10-11H,8-9,12H2,1H3,(H2,24,30)(H,25,31)(H,26,27,28). The molecule has 2 amide bonds. The number of halogens is 1. The van der Waals surface area contributed by atoms with Crippen LogP contribution in [0.1, 0.15) is 32.0 Å². The second-order valence-electron chi connectivity index (χ2n) is 7.15. The van der Waals surface area contributed by atoms with E-state index in [2.05, 4.69) is 25.5 Å². The van der Waals surface area contributed by atoms with Crippen LogP contribution in [0.25, 0.3) is 0 Å². The number of hydrogen-bond donors (Lipinski definition) is 3. The fourth-order valence-electron chi connectivity index (χ4n) is 3.47. The topological polar surface area (TPSA) is 113 Å². The van der Waals surface area contributed by atoms with Gasteiger partial charge in [0.05, 0.1) is 16.4 Å². The van der Waals surface area contributed by atoms with Gasteiger partial charge in [-0.1, -0.05) is 11.6 Å². The van der Waals surface area contributed by atoms with Crippen LogP contribution in [0, 0.1) is 0 Å². The number of carbonyl (C=O) groups is 2. The van der Waals surface area contributed by atoms with Crippen LogP contribution in [0.15, 0.2) is 48.7 Å². The van der Waals surface area contributed by atoms with Gasteiger partial charge in [-0.3, -0.25) is 9.59 Å². The van der Waals surface area contributed by atoms with Gasteiger partial charge >= 0.3 is 0 Å². The molecule has 2 heterocycles. The SMILES string of the molecule is CNC(=O)c1ccc(Nc2ncc3c(n2)CCN(c2cc(C(N)=O)ccc2Cl)C3)cc1. The first kappa shape index (κ1) is 20.6. The van der Waals surface area contributed by atoms with Gasteiger partial charge in [0.15, 0.2) is 0 Å². The lowest BCUT2D eigenvalue weighted by Gasteiger charge is -2.31. The second kappa shape index (κ2) is 8.61. The number of primary amides is 1. The molecular weight excluding hydrogens is 416 g/mol. The van der Waals surface area contributed by atoms with E-state index in [0.717, 1.165) is 22.6 Å². The molecule has 1 aliphatic rings. The third-order valence-electron chi connectivity index (χ3n) is 5.14. The maximum Gasteiger partial charge on any atom is 0.251 e. The molecule has 0 atom stereocenters. The number of benzene rings is 2. The maximum absolute atomic E-state index is 11.7. The van der Waals surface area contributed by atoms with Crippen molar-refractivity contribution in [3.8, 4) is 0 Å². The fourth-order valence-corrected chi connectivity index (χ4v) is 3.71. The molecule has 0 spiro atoms. The summed E-state index contributed by atoms with van der Waals surface area (Å²) in [6.45, 7) is 1.28. The number of fused-ring (bicyclic) bond motifs is 1. The molecule has 158 valence electrons. The Morgan fingerprint density at radius 3 is 2.58 bits per heavy atom. The van der Waals surface area contributed by atoms with Crippen molar-refractivity contribution < 1.29 is 9.59 Å². The highest BCUT2D eigenvalue weighted by molar-refractivity contribution is 6.33. The van der Waals surface area contributed by atoms with E-state index in [0.29, 0.717) is 41.6 Å². The van der Waals surface area contributed by atoms with E-state index in [1.807, 2.05) is 12.1 Å². The molecule has 1 aromatic heterocycles. The van der Waals surface area contributed by atoms with E-state index in [1.165, 1.54) is 0 Å². The average Bonchev–Trinajstić information content (AvgIpc) is 2.79. The molecule has 8 nitrogen and oxygen atoms in total. The van der Waals surface area contributed by atoms with Crippen molar-refractivity contribution in [2.45, 2.75) is 13.0 Å². The number of nitrogens with two attached hydrogens (primary N) is 1. The average molecular weight is 437 g/mol. The molecule has 4 rings (SSSR count). The van der Waals surface area contributed by atoms with Gasteiger partial charge in [0.1, 0.15) is 0 Å². The van der Waals surface area contributed by atoms with E-state index >= 15 is 0 Å². The molecular formula is C22H21ClN6O2. The van der Waals surface area contributed by atoms with Gasteiger partial charge in [0.25, 0.3) is 5.91 Å². The number of rotatable bonds is 5. The van der Waals surface area contributed by atoms with Gasteiger partial charge < -0.3 is 21.3 Å². The van der Waals surface area contributed by atoms with Crippen molar-refractivity contribution in [3.05, 3.63) is 76.1 Å². The minimum atomic E-state index is -0.488. The number of anilines is 3. The first-order valence-electron chi connectivity index (χ1n) is 9.73. The predicted molar refractivity (Wildman–Crippen MR) is 120 cm³/mol. The Morgan fingerprint density at radius 1 is 1.13 bits per heavy atom. The smallest absolute Gasteiger partial charge is 0.251 e. The molecule has 0 saturated heterocycles. The summed E-state index contributed by atoms with van der Waals surface area (Å²) in [5.41, 5.74) is 9.91.